The standard InChI is InChI=1S/C21H22F4N2O2/c22-17-5-1-3-15(11-17)20(7-9-29-10-8-20)14-27-19(28)13-26-18-6-2-4-16(12-18)21(23,24)25/h1-6,11-12,26H,7-10,13-14H2,(H,27,28). The number of halogens is 4. The zero-order chi connectivity index (χ0) is 20.9. The highest BCUT2D eigenvalue weighted by Gasteiger charge is 2.35. The van der Waals surface area contributed by atoms with E-state index in [0.717, 1.165) is 17.7 Å². The summed E-state index contributed by atoms with van der Waals surface area (Å²) in [7, 11) is 0. The van der Waals surface area contributed by atoms with Crippen molar-refractivity contribution in [1.82, 2.24) is 5.32 Å². The predicted molar refractivity (Wildman–Crippen MR) is 101 cm³/mol. The molecule has 4 nitrogen and oxygen atoms in total. The molecule has 2 aromatic rings. The lowest BCUT2D eigenvalue weighted by atomic mass is 9.74. The van der Waals surface area contributed by atoms with Gasteiger partial charge in [0.1, 0.15) is 5.82 Å². The van der Waals surface area contributed by atoms with Crippen molar-refractivity contribution < 1.29 is 27.1 Å². The van der Waals surface area contributed by atoms with E-state index in [1.165, 1.54) is 24.3 Å². The van der Waals surface area contributed by atoms with Crippen molar-refractivity contribution in [2.24, 2.45) is 0 Å². The van der Waals surface area contributed by atoms with Crippen LogP contribution in [-0.4, -0.2) is 32.2 Å². The molecule has 2 N–H and O–H groups in total. The van der Waals surface area contributed by atoms with Crippen LogP contribution in [0.1, 0.15) is 24.0 Å². The van der Waals surface area contributed by atoms with Crippen LogP contribution in [0.5, 0.6) is 0 Å². The van der Waals surface area contributed by atoms with Gasteiger partial charge in [0.2, 0.25) is 5.91 Å². The van der Waals surface area contributed by atoms with E-state index < -0.39 is 17.2 Å². The molecular weight excluding hydrogens is 388 g/mol. The Morgan fingerprint density at radius 3 is 2.48 bits per heavy atom. The Morgan fingerprint density at radius 1 is 1.07 bits per heavy atom. The average Bonchev–Trinajstić information content (AvgIpc) is 2.71. The molecule has 0 spiro atoms. The summed E-state index contributed by atoms with van der Waals surface area (Å²) in [6, 6.07) is 11.0. The molecule has 3 rings (SSSR count). The summed E-state index contributed by atoms with van der Waals surface area (Å²) >= 11 is 0. The Morgan fingerprint density at radius 2 is 1.79 bits per heavy atom. The lowest BCUT2D eigenvalue weighted by Crippen LogP contribution is -2.45. The summed E-state index contributed by atoms with van der Waals surface area (Å²) in [5.41, 5.74) is -0.213. The molecule has 29 heavy (non-hydrogen) atoms. The zero-order valence-electron chi connectivity index (χ0n) is 15.7. The van der Waals surface area contributed by atoms with Gasteiger partial charge in [0.25, 0.3) is 0 Å². The fourth-order valence-electron chi connectivity index (χ4n) is 3.47. The van der Waals surface area contributed by atoms with E-state index in [0.29, 0.717) is 32.6 Å². The molecule has 1 aliphatic rings. The van der Waals surface area contributed by atoms with Gasteiger partial charge in [-0.3, -0.25) is 4.79 Å². The minimum Gasteiger partial charge on any atom is -0.381 e. The molecule has 0 aliphatic carbocycles. The molecule has 8 heteroatoms. The van der Waals surface area contributed by atoms with E-state index in [-0.39, 0.29) is 24.0 Å². The number of anilines is 1. The monoisotopic (exact) mass is 410 g/mol. The quantitative estimate of drug-likeness (QED) is 0.705. The number of amides is 1. The smallest absolute Gasteiger partial charge is 0.381 e. The molecule has 1 fully saturated rings. The van der Waals surface area contributed by atoms with E-state index in [4.69, 9.17) is 4.74 Å². The molecule has 0 saturated carbocycles. The predicted octanol–water partition coefficient (Wildman–Crippen LogP) is 4.12. The number of hydrogen-bond donors (Lipinski definition) is 2. The molecule has 156 valence electrons. The van der Waals surface area contributed by atoms with Crippen LogP contribution < -0.4 is 10.6 Å². The third kappa shape index (κ3) is 5.47. The van der Waals surface area contributed by atoms with Crippen molar-refractivity contribution in [3.8, 4) is 0 Å². The SMILES string of the molecule is O=C(CNc1cccc(C(F)(F)F)c1)NCC1(c2cccc(F)c2)CCOCC1. The summed E-state index contributed by atoms with van der Waals surface area (Å²) < 4.78 is 57.5. The highest BCUT2D eigenvalue weighted by atomic mass is 19.4. The highest BCUT2D eigenvalue weighted by molar-refractivity contribution is 5.80. The third-order valence-electron chi connectivity index (χ3n) is 5.15. The van der Waals surface area contributed by atoms with Gasteiger partial charge in [-0.05, 0) is 48.7 Å². The maximum Gasteiger partial charge on any atom is 0.416 e. The van der Waals surface area contributed by atoms with Gasteiger partial charge in [0.15, 0.2) is 0 Å². The molecule has 1 heterocycles. The Kier molecular flexibility index (Phi) is 6.42. The fraction of sp³-hybridized carbons (Fsp3) is 0.381. The molecule has 1 aliphatic heterocycles. The summed E-state index contributed by atoms with van der Waals surface area (Å²) in [6.45, 7) is 1.14. The van der Waals surface area contributed by atoms with Crippen molar-refractivity contribution in [3.63, 3.8) is 0 Å². The van der Waals surface area contributed by atoms with Gasteiger partial charge < -0.3 is 15.4 Å². The van der Waals surface area contributed by atoms with Crippen LogP contribution >= 0.6 is 0 Å². The lowest BCUT2D eigenvalue weighted by Gasteiger charge is -2.38. The Balaban J connectivity index is 1.61. The first-order valence-electron chi connectivity index (χ1n) is 9.30. The first kappa shape index (κ1) is 21.1. The van der Waals surface area contributed by atoms with Crippen LogP contribution in [0.4, 0.5) is 23.2 Å². The van der Waals surface area contributed by atoms with Crippen LogP contribution in [0.3, 0.4) is 0 Å². The van der Waals surface area contributed by atoms with Crippen molar-refractivity contribution in [2.75, 3.05) is 31.6 Å². The number of carbonyl (C=O) groups excluding carboxylic acids is 1. The van der Waals surface area contributed by atoms with E-state index in [1.807, 2.05) is 6.07 Å². The zero-order valence-corrected chi connectivity index (χ0v) is 15.7. The van der Waals surface area contributed by atoms with E-state index >= 15 is 0 Å². The minimum atomic E-state index is -4.44. The Bertz CT molecular complexity index is 849. The summed E-state index contributed by atoms with van der Waals surface area (Å²) in [6.07, 6.45) is -3.17. The largest absolute Gasteiger partial charge is 0.416 e. The molecule has 0 bridgehead atoms. The van der Waals surface area contributed by atoms with Crippen LogP contribution in [0.2, 0.25) is 0 Å². The summed E-state index contributed by atoms with van der Waals surface area (Å²) in [4.78, 5) is 12.3. The van der Waals surface area contributed by atoms with Crippen molar-refractivity contribution in [2.45, 2.75) is 24.4 Å². The maximum atomic E-state index is 13.7. The number of carbonyl (C=O) groups is 1. The number of hydrogen-bond acceptors (Lipinski definition) is 3. The van der Waals surface area contributed by atoms with Crippen molar-refractivity contribution in [1.29, 1.82) is 0 Å². The molecule has 1 amide bonds. The molecular formula is C21H22F4N2O2. The van der Waals surface area contributed by atoms with Gasteiger partial charge in [0, 0.05) is 30.9 Å². The van der Waals surface area contributed by atoms with Crippen LogP contribution in [-0.2, 0) is 21.1 Å². The van der Waals surface area contributed by atoms with Gasteiger partial charge in [-0.15, -0.1) is 0 Å². The normalized spacial score (nSPS) is 16.3. The summed E-state index contributed by atoms with van der Waals surface area (Å²) in [5.74, 6) is -0.699. The van der Waals surface area contributed by atoms with Crippen LogP contribution in [0.15, 0.2) is 48.5 Å². The van der Waals surface area contributed by atoms with Gasteiger partial charge in [-0.25, -0.2) is 4.39 Å². The number of nitrogens with one attached hydrogen (secondary N) is 2. The summed E-state index contributed by atoms with van der Waals surface area (Å²) in [5, 5.41) is 5.53. The van der Waals surface area contributed by atoms with Gasteiger partial charge in [-0.1, -0.05) is 18.2 Å². The number of rotatable bonds is 6. The second-order valence-electron chi connectivity index (χ2n) is 7.11. The van der Waals surface area contributed by atoms with Crippen molar-refractivity contribution in [3.05, 3.63) is 65.5 Å². The Labute approximate surface area is 166 Å². The van der Waals surface area contributed by atoms with Crippen LogP contribution in [0, 0.1) is 5.82 Å². The topological polar surface area (TPSA) is 50.4 Å². The second-order valence-corrected chi connectivity index (χ2v) is 7.11. The molecule has 0 unspecified atom stereocenters. The maximum absolute atomic E-state index is 13.7. The lowest BCUT2D eigenvalue weighted by molar-refractivity contribution is -0.137. The van der Waals surface area contributed by atoms with Gasteiger partial charge in [-0.2, -0.15) is 13.2 Å². The van der Waals surface area contributed by atoms with Crippen molar-refractivity contribution >= 4 is 11.6 Å². The minimum absolute atomic E-state index is 0.170. The van der Waals surface area contributed by atoms with E-state index in [1.54, 1.807) is 6.07 Å². The molecule has 0 atom stereocenters. The highest BCUT2D eigenvalue weighted by Crippen LogP contribution is 2.34. The molecule has 0 radical (unpaired) electrons. The average molecular weight is 410 g/mol. The van der Waals surface area contributed by atoms with Crippen LogP contribution in [0.25, 0.3) is 0 Å². The molecule has 0 aromatic heterocycles. The third-order valence-corrected chi connectivity index (χ3v) is 5.15. The first-order chi connectivity index (χ1) is 13.8. The van der Waals surface area contributed by atoms with E-state index in [9.17, 15) is 22.4 Å². The fourth-order valence-corrected chi connectivity index (χ4v) is 3.47. The molecule has 1 saturated heterocycles. The van der Waals surface area contributed by atoms with Gasteiger partial charge in [0.05, 0.1) is 12.1 Å². The Hall–Kier alpha value is -2.61. The number of alkyl halides is 3. The van der Waals surface area contributed by atoms with E-state index in [2.05, 4.69) is 10.6 Å². The van der Waals surface area contributed by atoms with Gasteiger partial charge >= 0.3 is 6.18 Å². The molecule has 2 aromatic carbocycles. The number of ether oxygens (including phenoxy) is 1. The second kappa shape index (κ2) is 8.82. The first-order valence-corrected chi connectivity index (χ1v) is 9.30. The number of benzene rings is 2.